The molecule has 0 aromatic heterocycles. The Morgan fingerprint density at radius 3 is 2.50 bits per heavy atom. The maximum Gasteiger partial charge on any atom is 0.0509 e. The Hall–Kier alpha value is -0.510. The van der Waals surface area contributed by atoms with E-state index in [-0.39, 0.29) is 5.54 Å². The minimum Gasteiger partial charge on any atom is -0.321 e. The Kier molecular flexibility index (Phi) is 6.19. The van der Waals surface area contributed by atoms with Crippen molar-refractivity contribution in [2.24, 2.45) is 5.73 Å². The fourth-order valence-corrected chi connectivity index (χ4v) is 2.67. The van der Waals surface area contributed by atoms with Crippen LogP contribution in [0.15, 0.2) is 30.3 Å². The Labute approximate surface area is 116 Å². The van der Waals surface area contributed by atoms with Gasteiger partial charge in [-0.05, 0) is 44.9 Å². The average Bonchev–Trinajstić information content (AvgIpc) is 2.36. The van der Waals surface area contributed by atoms with E-state index in [0.717, 1.165) is 6.54 Å². The highest BCUT2D eigenvalue weighted by molar-refractivity contribution is 7.98. The van der Waals surface area contributed by atoms with Crippen LogP contribution in [0.1, 0.15) is 25.8 Å². The molecule has 0 saturated carbocycles. The fourth-order valence-electron chi connectivity index (χ4n) is 2.09. The Balaban J connectivity index is 2.60. The molecule has 3 heteroatoms. The summed E-state index contributed by atoms with van der Waals surface area (Å²) in [5.74, 6) is 1.21. The third kappa shape index (κ3) is 4.63. The lowest BCUT2D eigenvalue weighted by Gasteiger charge is -2.34. The minimum absolute atomic E-state index is 0.288. The van der Waals surface area contributed by atoms with Crippen molar-refractivity contribution in [1.29, 1.82) is 0 Å². The molecule has 2 N–H and O–H groups in total. The number of nitrogens with two attached hydrogens (primary N) is 1. The Bertz CT molecular complexity index is 338. The molecule has 2 unspecified atom stereocenters. The number of hydrogen-bond donors (Lipinski definition) is 1. The normalized spacial score (nSPS) is 16.6. The van der Waals surface area contributed by atoms with Gasteiger partial charge in [0.25, 0.3) is 0 Å². The van der Waals surface area contributed by atoms with Crippen LogP contribution in [0.4, 0.5) is 0 Å². The van der Waals surface area contributed by atoms with Gasteiger partial charge in [-0.15, -0.1) is 0 Å². The zero-order valence-electron chi connectivity index (χ0n) is 12.0. The quantitative estimate of drug-likeness (QED) is 0.823. The molecule has 0 aliphatic heterocycles. The summed E-state index contributed by atoms with van der Waals surface area (Å²) in [4.78, 5) is 2.36. The van der Waals surface area contributed by atoms with E-state index >= 15 is 0 Å². The van der Waals surface area contributed by atoms with Crippen LogP contribution in [0.3, 0.4) is 0 Å². The summed E-state index contributed by atoms with van der Waals surface area (Å²) in [6.07, 6.45) is 3.37. The smallest absolute Gasteiger partial charge is 0.0509 e. The van der Waals surface area contributed by atoms with Gasteiger partial charge < -0.3 is 10.6 Å². The molecule has 1 aromatic rings. The standard InChI is InChI=1S/C15H26N2S/c1-13(10-11-18-4)17(3)12-15(2,16)14-8-6-5-7-9-14/h5-9,13H,10-12,16H2,1-4H3. The molecule has 2 atom stereocenters. The first-order chi connectivity index (χ1) is 8.47. The molecule has 2 nitrogen and oxygen atoms in total. The number of hydrogen-bond acceptors (Lipinski definition) is 3. The van der Waals surface area contributed by atoms with Crippen LogP contribution in [0.25, 0.3) is 0 Å². The van der Waals surface area contributed by atoms with E-state index in [0.29, 0.717) is 6.04 Å². The van der Waals surface area contributed by atoms with Crippen molar-refractivity contribution in [2.75, 3.05) is 25.6 Å². The highest BCUT2D eigenvalue weighted by Gasteiger charge is 2.24. The van der Waals surface area contributed by atoms with Crippen LogP contribution in [0.2, 0.25) is 0 Å². The number of nitrogens with zero attached hydrogens (tertiary/aromatic N) is 1. The van der Waals surface area contributed by atoms with E-state index in [1.54, 1.807) is 0 Å². The van der Waals surface area contributed by atoms with Crippen LogP contribution in [-0.2, 0) is 5.54 Å². The van der Waals surface area contributed by atoms with Gasteiger partial charge in [0.2, 0.25) is 0 Å². The summed E-state index contributed by atoms with van der Waals surface area (Å²) >= 11 is 1.90. The summed E-state index contributed by atoms with van der Waals surface area (Å²) in [5, 5.41) is 0. The van der Waals surface area contributed by atoms with E-state index in [4.69, 9.17) is 5.73 Å². The van der Waals surface area contributed by atoms with Crippen LogP contribution < -0.4 is 5.73 Å². The average molecular weight is 266 g/mol. The highest BCUT2D eigenvalue weighted by atomic mass is 32.2. The van der Waals surface area contributed by atoms with Gasteiger partial charge >= 0.3 is 0 Å². The van der Waals surface area contributed by atoms with Gasteiger partial charge in [0, 0.05) is 12.6 Å². The first-order valence-electron chi connectivity index (χ1n) is 6.51. The molecule has 18 heavy (non-hydrogen) atoms. The van der Waals surface area contributed by atoms with Gasteiger partial charge in [-0.1, -0.05) is 30.3 Å². The molecular formula is C15H26N2S. The van der Waals surface area contributed by atoms with Gasteiger partial charge in [-0.25, -0.2) is 0 Å². The molecular weight excluding hydrogens is 240 g/mol. The van der Waals surface area contributed by atoms with Crippen molar-refractivity contribution in [3.05, 3.63) is 35.9 Å². The first-order valence-corrected chi connectivity index (χ1v) is 7.90. The second kappa shape index (κ2) is 7.17. The van der Waals surface area contributed by atoms with Crippen molar-refractivity contribution in [3.8, 4) is 0 Å². The summed E-state index contributed by atoms with van der Waals surface area (Å²) in [5.41, 5.74) is 7.37. The lowest BCUT2D eigenvalue weighted by molar-refractivity contribution is 0.202. The van der Waals surface area contributed by atoms with Gasteiger partial charge in [0.15, 0.2) is 0 Å². The largest absolute Gasteiger partial charge is 0.321 e. The Morgan fingerprint density at radius 1 is 1.33 bits per heavy atom. The van der Waals surface area contributed by atoms with E-state index < -0.39 is 0 Å². The molecule has 1 rings (SSSR count). The van der Waals surface area contributed by atoms with Gasteiger partial charge in [-0.2, -0.15) is 11.8 Å². The predicted molar refractivity (Wildman–Crippen MR) is 83.1 cm³/mol. The molecule has 0 fully saturated rings. The monoisotopic (exact) mass is 266 g/mol. The number of rotatable bonds is 7. The third-order valence-corrected chi connectivity index (χ3v) is 4.15. The molecule has 0 amide bonds. The molecule has 0 bridgehead atoms. The number of benzene rings is 1. The molecule has 0 spiro atoms. The van der Waals surface area contributed by atoms with Crippen molar-refractivity contribution in [2.45, 2.75) is 31.8 Å². The lowest BCUT2D eigenvalue weighted by atomic mass is 9.92. The highest BCUT2D eigenvalue weighted by Crippen LogP contribution is 2.20. The molecule has 1 aromatic carbocycles. The summed E-state index contributed by atoms with van der Waals surface area (Å²) in [6, 6.07) is 10.9. The molecule has 0 aliphatic rings. The topological polar surface area (TPSA) is 29.3 Å². The first kappa shape index (κ1) is 15.5. The SMILES string of the molecule is CSCCC(C)N(C)CC(C)(N)c1ccccc1. The number of likely N-dealkylation sites (N-methyl/N-ethyl adjacent to an activating group) is 1. The minimum atomic E-state index is -0.288. The van der Waals surface area contributed by atoms with Gasteiger partial charge in [0.05, 0.1) is 5.54 Å². The predicted octanol–water partition coefficient (Wildman–Crippen LogP) is 2.93. The van der Waals surface area contributed by atoms with Crippen molar-refractivity contribution in [1.82, 2.24) is 4.90 Å². The van der Waals surface area contributed by atoms with Crippen molar-refractivity contribution >= 4 is 11.8 Å². The lowest BCUT2D eigenvalue weighted by Crippen LogP contribution is -2.46. The van der Waals surface area contributed by atoms with E-state index in [2.05, 4.69) is 56.3 Å². The van der Waals surface area contributed by atoms with Crippen LogP contribution in [-0.4, -0.2) is 36.5 Å². The van der Waals surface area contributed by atoms with E-state index in [1.165, 1.54) is 17.7 Å². The fraction of sp³-hybridized carbons (Fsp3) is 0.600. The molecule has 0 radical (unpaired) electrons. The van der Waals surface area contributed by atoms with Crippen LogP contribution in [0.5, 0.6) is 0 Å². The summed E-state index contributed by atoms with van der Waals surface area (Å²) in [6.45, 7) is 5.27. The maximum atomic E-state index is 6.46. The molecule has 102 valence electrons. The molecule has 0 saturated heterocycles. The zero-order chi connectivity index (χ0) is 13.6. The third-order valence-electron chi connectivity index (χ3n) is 3.50. The van der Waals surface area contributed by atoms with Gasteiger partial charge in [0.1, 0.15) is 0 Å². The maximum absolute atomic E-state index is 6.46. The van der Waals surface area contributed by atoms with Crippen molar-refractivity contribution in [3.63, 3.8) is 0 Å². The summed E-state index contributed by atoms with van der Waals surface area (Å²) in [7, 11) is 2.17. The van der Waals surface area contributed by atoms with Gasteiger partial charge in [-0.3, -0.25) is 0 Å². The van der Waals surface area contributed by atoms with Crippen molar-refractivity contribution < 1.29 is 0 Å². The zero-order valence-corrected chi connectivity index (χ0v) is 12.8. The second-order valence-electron chi connectivity index (χ2n) is 5.33. The van der Waals surface area contributed by atoms with E-state index in [9.17, 15) is 0 Å². The van der Waals surface area contributed by atoms with Crippen LogP contribution >= 0.6 is 11.8 Å². The number of thioether (sulfide) groups is 1. The molecule has 0 heterocycles. The molecule has 0 aliphatic carbocycles. The Morgan fingerprint density at radius 2 is 1.94 bits per heavy atom. The van der Waals surface area contributed by atoms with E-state index in [1.807, 2.05) is 17.8 Å². The summed E-state index contributed by atoms with van der Waals surface area (Å²) < 4.78 is 0. The van der Waals surface area contributed by atoms with Crippen LogP contribution in [0, 0.1) is 0 Å². The second-order valence-corrected chi connectivity index (χ2v) is 6.31.